The van der Waals surface area contributed by atoms with Gasteiger partial charge in [-0.15, -0.1) is 0 Å². The van der Waals surface area contributed by atoms with Gasteiger partial charge in [-0.2, -0.15) is 5.10 Å². The monoisotopic (exact) mass is 367 g/mol. The van der Waals surface area contributed by atoms with E-state index in [0.29, 0.717) is 5.82 Å². The Labute approximate surface area is 157 Å². The summed E-state index contributed by atoms with van der Waals surface area (Å²) in [4.78, 5) is 19.6. The third-order valence-electron chi connectivity index (χ3n) is 4.35. The highest BCUT2D eigenvalue weighted by Crippen LogP contribution is 2.20. The number of halogens is 1. The van der Waals surface area contributed by atoms with Crippen molar-refractivity contribution in [2.24, 2.45) is 0 Å². The number of aryl methyl sites for hydroxylation is 1. The van der Waals surface area contributed by atoms with Gasteiger partial charge in [-0.1, -0.05) is 0 Å². The minimum Gasteiger partial charge on any atom is -0.347 e. The minimum absolute atomic E-state index is 0.232. The summed E-state index contributed by atoms with van der Waals surface area (Å²) in [6.07, 6.45) is 6.59. The van der Waals surface area contributed by atoms with E-state index in [0.717, 1.165) is 22.6 Å². The van der Waals surface area contributed by atoms with Gasteiger partial charge in [-0.25, -0.2) is 14.1 Å². The van der Waals surface area contributed by atoms with Crippen LogP contribution in [0.3, 0.4) is 0 Å². The Morgan fingerprint density at radius 2 is 1.96 bits per heavy atom. The highest BCUT2D eigenvalue weighted by Gasteiger charge is 2.24. The van der Waals surface area contributed by atoms with E-state index in [1.165, 1.54) is 18.2 Å². The number of nitrogens with zero attached hydrogens (tertiary/aromatic N) is 3. The van der Waals surface area contributed by atoms with Gasteiger partial charge in [0.15, 0.2) is 0 Å². The van der Waals surface area contributed by atoms with E-state index in [1.54, 1.807) is 35.3 Å². The highest BCUT2D eigenvalue weighted by molar-refractivity contribution is 5.92. The number of hydrogen-bond donors (Lipinski definition) is 2. The smallest absolute Gasteiger partial charge is 0.244 e. The number of carbonyl (C=O) groups is 1. The Kier molecular flexibility index (Phi) is 4.94. The average molecular weight is 367 g/mol. The molecule has 0 aliphatic rings. The van der Waals surface area contributed by atoms with E-state index in [-0.39, 0.29) is 11.7 Å². The van der Waals surface area contributed by atoms with Crippen molar-refractivity contribution in [3.05, 3.63) is 71.3 Å². The fraction of sp³-hybridized carbons (Fsp3) is 0.250. The molecule has 6 nitrogen and oxygen atoms in total. The predicted molar refractivity (Wildman–Crippen MR) is 102 cm³/mol. The zero-order valence-corrected chi connectivity index (χ0v) is 15.7. The summed E-state index contributed by atoms with van der Waals surface area (Å²) < 4.78 is 14.9. The lowest BCUT2D eigenvalue weighted by atomic mass is 10.0. The maximum atomic E-state index is 13.1. The number of amides is 1. The van der Waals surface area contributed by atoms with E-state index in [4.69, 9.17) is 0 Å². The fourth-order valence-electron chi connectivity index (χ4n) is 2.90. The molecule has 140 valence electrons. The first kappa shape index (κ1) is 18.6. The second-order valence-electron chi connectivity index (χ2n) is 6.86. The third kappa shape index (κ3) is 3.97. The van der Waals surface area contributed by atoms with Crippen LogP contribution in [0, 0.1) is 19.7 Å². The van der Waals surface area contributed by atoms with E-state index in [1.807, 2.05) is 27.7 Å². The van der Waals surface area contributed by atoms with Crippen molar-refractivity contribution in [3.63, 3.8) is 0 Å². The lowest BCUT2D eigenvalue weighted by Crippen LogP contribution is -2.41. The molecular weight excluding hydrogens is 345 g/mol. The molecule has 3 aromatic rings. The van der Waals surface area contributed by atoms with Crippen molar-refractivity contribution in [2.45, 2.75) is 33.2 Å². The van der Waals surface area contributed by atoms with Gasteiger partial charge >= 0.3 is 0 Å². The van der Waals surface area contributed by atoms with Crippen LogP contribution < -0.4 is 5.32 Å². The fourth-order valence-corrected chi connectivity index (χ4v) is 2.90. The molecule has 1 amide bonds. The Balaban J connectivity index is 1.79. The highest BCUT2D eigenvalue weighted by atomic mass is 19.1. The van der Waals surface area contributed by atoms with Crippen LogP contribution in [-0.4, -0.2) is 25.7 Å². The zero-order chi connectivity index (χ0) is 19.6. The molecule has 0 saturated heterocycles. The van der Waals surface area contributed by atoms with Crippen molar-refractivity contribution >= 4 is 12.0 Å². The summed E-state index contributed by atoms with van der Waals surface area (Å²) in [6, 6.07) is 6.12. The Morgan fingerprint density at radius 3 is 2.59 bits per heavy atom. The zero-order valence-electron chi connectivity index (χ0n) is 15.7. The molecule has 0 radical (unpaired) electrons. The van der Waals surface area contributed by atoms with Gasteiger partial charge in [0.2, 0.25) is 5.91 Å². The molecule has 2 N–H and O–H groups in total. The molecule has 0 aliphatic heterocycles. The number of rotatable bonds is 5. The quantitative estimate of drug-likeness (QED) is 0.679. The number of aromatic amines is 1. The Hall–Kier alpha value is -3.22. The van der Waals surface area contributed by atoms with Gasteiger partial charge < -0.3 is 10.3 Å². The van der Waals surface area contributed by atoms with E-state index >= 15 is 0 Å². The number of aromatic nitrogens is 4. The molecule has 0 spiro atoms. The van der Waals surface area contributed by atoms with Gasteiger partial charge in [0.05, 0.1) is 16.9 Å². The van der Waals surface area contributed by atoms with Crippen molar-refractivity contribution in [2.75, 3.05) is 0 Å². The van der Waals surface area contributed by atoms with Crippen molar-refractivity contribution in [3.8, 4) is 5.69 Å². The topological polar surface area (TPSA) is 75.6 Å². The Bertz CT molecular complexity index is 969. The van der Waals surface area contributed by atoms with Crippen molar-refractivity contribution in [1.29, 1.82) is 0 Å². The van der Waals surface area contributed by atoms with Gasteiger partial charge in [-0.3, -0.25) is 4.79 Å². The molecule has 2 heterocycles. The summed E-state index contributed by atoms with van der Waals surface area (Å²) in [6.45, 7) is 7.53. The first-order valence-electron chi connectivity index (χ1n) is 8.60. The molecule has 0 unspecified atom stereocenters. The second-order valence-corrected chi connectivity index (χ2v) is 6.86. The van der Waals surface area contributed by atoms with Gasteiger partial charge in [0.1, 0.15) is 11.6 Å². The third-order valence-corrected chi connectivity index (χ3v) is 4.35. The van der Waals surface area contributed by atoms with Crippen molar-refractivity contribution < 1.29 is 9.18 Å². The van der Waals surface area contributed by atoms with Crippen LogP contribution in [0.2, 0.25) is 0 Å². The predicted octanol–water partition coefficient (Wildman–Crippen LogP) is 3.42. The number of hydrogen-bond acceptors (Lipinski definition) is 3. The molecule has 7 heteroatoms. The second kappa shape index (κ2) is 7.19. The van der Waals surface area contributed by atoms with Crippen LogP contribution in [0.5, 0.6) is 0 Å². The van der Waals surface area contributed by atoms with Crippen LogP contribution in [0.15, 0.2) is 42.7 Å². The summed E-state index contributed by atoms with van der Waals surface area (Å²) >= 11 is 0. The van der Waals surface area contributed by atoms with Gasteiger partial charge in [0.25, 0.3) is 0 Å². The van der Waals surface area contributed by atoms with E-state index in [2.05, 4.69) is 20.4 Å². The molecule has 27 heavy (non-hydrogen) atoms. The number of imidazole rings is 1. The van der Waals surface area contributed by atoms with Crippen LogP contribution in [0.4, 0.5) is 4.39 Å². The average Bonchev–Trinajstić information content (AvgIpc) is 3.23. The molecule has 0 saturated carbocycles. The summed E-state index contributed by atoms with van der Waals surface area (Å²) in [7, 11) is 0. The molecule has 2 aromatic heterocycles. The van der Waals surface area contributed by atoms with Gasteiger partial charge in [0, 0.05) is 29.7 Å². The molecule has 3 rings (SSSR count). The number of nitrogens with one attached hydrogen (secondary N) is 2. The van der Waals surface area contributed by atoms with E-state index < -0.39 is 5.54 Å². The number of benzene rings is 1. The molecule has 0 atom stereocenters. The first-order valence-corrected chi connectivity index (χ1v) is 8.60. The largest absolute Gasteiger partial charge is 0.347 e. The number of carbonyl (C=O) groups excluding carboxylic acids is 1. The van der Waals surface area contributed by atoms with Crippen molar-refractivity contribution in [1.82, 2.24) is 25.1 Å². The summed E-state index contributed by atoms with van der Waals surface area (Å²) in [5.74, 6) is 0.154. The molecule has 0 bridgehead atoms. The lowest BCUT2D eigenvalue weighted by molar-refractivity contribution is -0.118. The summed E-state index contributed by atoms with van der Waals surface area (Å²) in [5, 5.41) is 7.42. The lowest BCUT2D eigenvalue weighted by Gasteiger charge is -2.23. The standard InChI is InChI=1S/C20H22FN5O/c1-13-17(14(2)26(25-13)16-7-5-15(21)6-8-16)9-10-18(27)24-20(3,4)19-22-11-12-23-19/h5-12H,1-4H3,(H,22,23)(H,24,27)/b10-9+. The maximum Gasteiger partial charge on any atom is 0.244 e. The minimum atomic E-state index is -0.618. The first-order chi connectivity index (χ1) is 12.8. The maximum absolute atomic E-state index is 13.1. The van der Waals surface area contributed by atoms with Crippen LogP contribution in [0.1, 0.15) is 36.6 Å². The SMILES string of the molecule is Cc1nn(-c2ccc(F)cc2)c(C)c1/C=C/C(=O)NC(C)(C)c1ncc[nH]1. The van der Waals surface area contributed by atoms with Crippen LogP contribution in [-0.2, 0) is 10.3 Å². The Morgan fingerprint density at radius 1 is 1.26 bits per heavy atom. The molecule has 0 fully saturated rings. The molecule has 1 aromatic carbocycles. The van der Waals surface area contributed by atoms with E-state index in [9.17, 15) is 9.18 Å². The summed E-state index contributed by atoms with van der Waals surface area (Å²) in [5.41, 5.74) is 2.65. The van der Waals surface area contributed by atoms with Crippen LogP contribution in [0.25, 0.3) is 11.8 Å². The molecular formula is C20H22FN5O. The molecule has 0 aliphatic carbocycles. The van der Waals surface area contributed by atoms with Crippen LogP contribution >= 0.6 is 0 Å². The normalized spacial score (nSPS) is 11.9. The number of H-pyrrole nitrogens is 1. The van der Waals surface area contributed by atoms with Gasteiger partial charge in [-0.05, 0) is 58.0 Å².